The second-order valence-electron chi connectivity index (χ2n) is 8.24. The minimum absolute atomic E-state index is 0. The lowest BCUT2D eigenvalue weighted by atomic mass is 10.1. The van der Waals surface area contributed by atoms with E-state index < -0.39 is 6.10 Å². The Morgan fingerprint density at radius 1 is 0.818 bits per heavy atom. The average Bonchev–Trinajstić information content (AvgIpc) is 3.27. The summed E-state index contributed by atoms with van der Waals surface area (Å²) in [7, 11) is 0. The van der Waals surface area contributed by atoms with Crippen molar-refractivity contribution in [3.05, 3.63) is 66.2 Å². The first kappa shape index (κ1) is 25.4. The maximum atomic E-state index is 10.5. The summed E-state index contributed by atoms with van der Waals surface area (Å²) in [5, 5.41) is 12.8. The predicted octanol–water partition coefficient (Wildman–Crippen LogP) is 3.97. The van der Waals surface area contributed by atoms with Crippen molar-refractivity contribution in [2.45, 2.75) is 12.6 Å². The predicted molar refractivity (Wildman–Crippen MR) is 134 cm³/mol. The second kappa shape index (κ2) is 11.8. The lowest BCUT2D eigenvalue weighted by Crippen LogP contribution is -2.48. The number of ether oxygens (including phenoxy) is 3. The van der Waals surface area contributed by atoms with Gasteiger partial charge in [-0.05, 0) is 40.6 Å². The Morgan fingerprint density at radius 3 is 2.36 bits per heavy atom. The third-order valence-electron chi connectivity index (χ3n) is 5.94. The third-order valence-corrected chi connectivity index (χ3v) is 5.94. The number of aliphatic hydroxyl groups excluding tert-OH is 1. The van der Waals surface area contributed by atoms with Crippen LogP contribution in [0.25, 0.3) is 10.8 Å². The number of fused-ring (bicyclic) bond motifs is 2. The van der Waals surface area contributed by atoms with E-state index in [1.165, 1.54) is 10.9 Å². The van der Waals surface area contributed by atoms with E-state index in [0.717, 1.165) is 55.4 Å². The van der Waals surface area contributed by atoms with Crippen LogP contribution in [0.5, 0.6) is 17.2 Å². The maximum absolute atomic E-state index is 10.5. The highest BCUT2D eigenvalue weighted by Gasteiger charge is 2.21. The van der Waals surface area contributed by atoms with Crippen LogP contribution in [0, 0.1) is 0 Å². The number of nitrogens with zero attached hydrogens (tertiary/aromatic N) is 2. The largest absolute Gasteiger partial charge is 0.491 e. The van der Waals surface area contributed by atoms with E-state index >= 15 is 0 Å². The summed E-state index contributed by atoms with van der Waals surface area (Å²) in [5.74, 6) is 2.46. The summed E-state index contributed by atoms with van der Waals surface area (Å²) >= 11 is 0. The van der Waals surface area contributed by atoms with Gasteiger partial charge in [-0.25, -0.2) is 0 Å². The van der Waals surface area contributed by atoms with E-state index in [1.807, 2.05) is 30.3 Å². The standard InChI is InChI=1S/C25H28N2O4.2ClH/c28-22(17-29-23-7-6-20-3-1-2-4-21(20)14-23)16-27-11-9-26(10-12-27)15-19-5-8-24-25(13-19)31-18-30-24;;/h1-8,13-14,22,28H,9-12,15-18H2;2*1H. The minimum Gasteiger partial charge on any atom is -0.491 e. The quantitative estimate of drug-likeness (QED) is 0.538. The summed E-state index contributed by atoms with van der Waals surface area (Å²) in [6.45, 7) is 5.98. The van der Waals surface area contributed by atoms with Crippen molar-refractivity contribution in [3.8, 4) is 17.2 Å². The molecule has 0 amide bonds. The Balaban J connectivity index is 0.00000153. The fourth-order valence-corrected chi connectivity index (χ4v) is 4.23. The van der Waals surface area contributed by atoms with Crippen molar-refractivity contribution in [1.82, 2.24) is 9.80 Å². The fourth-order valence-electron chi connectivity index (χ4n) is 4.23. The molecule has 5 rings (SSSR count). The summed E-state index contributed by atoms with van der Waals surface area (Å²) in [6.07, 6.45) is -0.508. The number of β-amino-alcohol motifs (C(OH)–C–C–N with tert-alkyl or cyclic N) is 1. The zero-order valence-electron chi connectivity index (χ0n) is 18.4. The molecule has 3 aromatic rings. The lowest BCUT2D eigenvalue weighted by molar-refractivity contribution is 0.0446. The number of piperazine rings is 1. The first-order valence-corrected chi connectivity index (χ1v) is 10.9. The molecule has 0 aromatic heterocycles. The van der Waals surface area contributed by atoms with Gasteiger partial charge in [0, 0.05) is 39.3 Å². The molecule has 0 spiro atoms. The zero-order chi connectivity index (χ0) is 21.0. The molecule has 1 fully saturated rings. The molecule has 1 atom stereocenters. The average molecular weight is 493 g/mol. The molecular weight excluding hydrogens is 463 g/mol. The van der Waals surface area contributed by atoms with Gasteiger partial charge in [-0.1, -0.05) is 36.4 Å². The first-order chi connectivity index (χ1) is 15.2. The summed E-state index contributed by atoms with van der Waals surface area (Å²) in [5.41, 5.74) is 1.24. The number of halogens is 2. The molecule has 0 saturated carbocycles. The van der Waals surface area contributed by atoms with Crippen LogP contribution in [0.15, 0.2) is 60.7 Å². The highest BCUT2D eigenvalue weighted by atomic mass is 35.5. The molecule has 6 nitrogen and oxygen atoms in total. The van der Waals surface area contributed by atoms with Gasteiger partial charge in [0.05, 0.1) is 0 Å². The minimum atomic E-state index is -0.508. The Morgan fingerprint density at radius 2 is 1.55 bits per heavy atom. The summed E-state index contributed by atoms with van der Waals surface area (Å²) < 4.78 is 16.7. The van der Waals surface area contributed by atoms with Crippen LogP contribution in [0.4, 0.5) is 0 Å². The lowest BCUT2D eigenvalue weighted by Gasteiger charge is -2.35. The van der Waals surface area contributed by atoms with Crippen LogP contribution in [-0.2, 0) is 6.54 Å². The second-order valence-corrected chi connectivity index (χ2v) is 8.24. The van der Waals surface area contributed by atoms with Crippen molar-refractivity contribution < 1.29 is 19.3 Å². The zero-order valence-corrected chi connectivity index (χ0v) is 20.0. The van der Waals surface area contributed by atoms with Crippen molar-refractivity contribution in [2.24, 2.45) is 0 Å². The van der Waals surface area contributed by atoms with E-state index in [4.69, 9.17) is 14.2 Å². The van der Waals surface area contributed by atoms with Crippen LogP contribution in [-0.4, -0.2) is 67.1 Å². The van der Waals surface area contributed by atoms with Crippen molar-refractivity contribution in [3.63, 3.8) is 0 Å². The van der Waals surface area contributed by atoms with Gasteiger partial charge in [0.1, 0.15) is 18.5 Å². The molecule has 2 heterocycles. The van der Waals surface area contributed by atoms with Gasteiger partial charge >= 0.3 is 0 Å². The van der Waals surface area contributed by atoms with Gasteiger partial charge in [0.15, 0.2) is 11.5 Å². The van der Waals surface area contributed by atoms with Crippen LogP contribution >= 0.6 is 24.8 Å². The maximum Gasteiger partial charge on any atom is 0.231 e. The van der Waals surface area contributed by atoms with E-state index in [0.29, 0.717) is 19.9 Å². The molecule has 1 saturated heterocycles. The number of hydrogen-bond acceptors (Lipinski definition) is 6. The molecule has 0 radical (unpaired) electrons. The normalized spacial score (nSPS) is 16.6. The molecule has 33 heavy (non-hydrogen) atoms. The molecule has 0 aliphatic carbocycles. The van der Waals surface area contributed by atoms with Crippen LogP contribution in [0.2, 0.25) is 0 Å². The monoisotopic (exact) mass is 492 g/mol. The topological polar surface area (TPSA) is 54.4 Å². The molecule has 2 aliphatic rings. The fraction of sp³-hybridized carbons (Fsp3) is 0.360. The molecule has 3 aromatic carbocycles. The molecule has 8 heteroatoms. The number of benzene rings is 3. The summed E-state index contributed by atoms with van der Waals surface area (Å²) in [4.78, 5) is 4.75. The van der Waals surface area contributed by atoms with E-state index in [-0.39, 0.29) is 24.8 Å². The number of hydrogen-bond donors (Lipinski definition) is 1. The van der Waals surface area contributed by atoms with Crippen LogP contribution in [0.3, 0.4) is 0 Å². The van der Waals surface area contributed by atoms with E-state index in [9.17, 15) is 5.11 Å². The third kappa shape index (κ3) is 6.43. The van der Waals surface area contributed by atoms with Crippen molar-refractivity contribution in [1.29, 1.82) is 0 Å². The highest BCUT2D eigenvalue weighted by molar-refractivity contribution is 5.85. The van der Waals surface area contributed by atoms with Gasteiger partial charge in [-0.3, -0.25) is 9.80 Å². The smallest absolute Gasteiger partial charge is 0.231 e. The Hall–Kier alpha value is -2.22. The molecule has 0 bridgehead atoms. The van der Waals surface area contributed by atoms with Gasteiger partial charge in [-0.15, -0.1) is 24.8 Å². The number of rotatable bonds is 7. The molecule has 1 N–H and O–H groups in total. The molecule has 178 valence electrons. The van der Waals surface area contributed by atoms with Crippen molar-refractivity contribution >= 4 is 35.6 Å². The molecule has 2 aliphatic heterocycles. The van der Waals surface area contributed by atoms with Gasteiger partial charge in [0.25, 0.3) is 0 Å². The molecule has 1 unspecified atom stereocenters. The van der Waals surface area contributed by atoms with E-state index in [2.05, 4.69) is 40.1 Å². The van der Waals surface area contributed by atoms with Crippen LogP contribution < -0.4 is 14.2 Å². The highest BCUT2D eigenvalue weighted by Crippen LogP contribution is 2.32. The Labute approximate surface area is 206 Å². The van der Waals surface area contributed by atoms with Gasteiger partial charge in [0.2, 0.25) is 6.79 Å². The van der Waals surface area contributed by atoms with Gasteiger partial charge < -0.3 is 19.3 Å². The van der Waals surface area contributed by atoms with Crippen molar-refractivity contribution in [2.75, 3.05) is 46.1 Å². The first-order valence-electron chi connectivity index (χ1n) is 10.9. The Bertz CT molecular complexity index is 1040. The Kier molecular flexibility index (Phi) is 9.06. The SMILES string of the molecule is Cl.Cl.OC(COc1ccc2ccccc2c1)CN1CCN(Cc2ccc3c(c2)OCO3)CC1. The van der Waals surface area contributed by atoms with Gasteiger partial charge in [-0.2, -0.15) is 0 Å². The number of aliphatic hydroxyl groups is 1. The molecular formula is C25H30Cl2N2O4. The van der Waals surface area contributed by atoms with E-state index in [1.54, 1.807) is 0 Å². The van der Waals surface area contributed by atoms with Crippen LogP contribution in [0.1, 0.15) is 5.56 Å². The summed E-state index contributed by atoms with van der Waals surface area (Å²) in [6, 6.07) is 20.4.